The molecule has 3 fully saturated rings. The normalized spacial score (nSPS) is 27.0. The van der Waals surface area contributed by atoms with Crippen LogP contribution in [0.2, 0.25) is 0 Å². The van der Waals surface area contributed by atoms with E-state index in [0.717, 1.165) is 37.0 Å². The van der Waals surface area contributed by atoms with E-state index in [4.69, 9.17) is 4.74 Å². The van der Waals surface area contributed by atoms with Crippen molar-refractivity contribution in [1.29, 1.82) is 0 Å². The van der Waals surface area contributed by atoms with Crippen LogP contribution >= 0.6 is 0 Å². The number of nitrogens with one attached hydrogen (secondary N) is 1. The van der Waals surface area contributed by atoms with E-state index < -0.39 is 0 Å². The van der Waals surface area contributed by atoms with Gasteiger partial charge < -0.3 is 9.64 Å². The number of ether oxygens (including phenoxy) is 1. The standard InChI is InChI=1S/C17H22N2O2/c1-11-10-12(6-7-14(11)21-2)15-18-17(8-9-17)16(20)19(15)13-4-3-5-13/h6-7,10,13,15,18H,3-5,8-9H2,1-2H3. The van der Waals surface area contributed by atoms with Gasteiger partial charge in [-0.3, -0.25) is 10.1 Å². The summed E-state index contributed by atoms with van der Waals surface area (Å²) < 4.78 is 5.34. The van der Waals surface area contributed by atoms with Crippen molar-refractivity contribution in [2.75, 3.05) is 7.11 Å². The average molecular weight is 286 g/mol. The molecule has 1 heterocycles. The minimum atomic E-state index is -0.242. The van der Waals surface area contributed by atoms with E-state index in [1.165, 1.54) is 12.0 Å². The van der Waals surface area contributed by atoms with Gasteiger partial charge in [0.2, 0.25) is 5.91 Å². The van der Waals surface area contributed by atoms with Gasteiger partial charge in [-0.15, -0.1) is 0 Å². The van der Waals surface area contributed by atoms with Crippen molar-refractivity contribution in [3.05, 3.63) is 29.3 Å². The summed E-state index contributed by atoms with van der Waals surface area (Å²) in [4.78, 5) is 14.9. The quantitative estimate of drug-likeness (QED) is 0.928. The Morgan fingerprint density at radius 2 is 2.10 bits per heavy atom. The second-order valence-corrected chi connectivity index (χ2v) is 6.66. The number of carbonyl (C=O) groups excluding carboxylic acids is 1. The molecule has 0 bridgehead atoms. The van der Waals surface area contributed by atoms with E-state index in [-0.39, 0.29) is 11.7 Å². The first-order valence-corrected chi connectivity index (χ1v) is 7.90. The molecular weight excluding hydrogens is 264 g/mol. The topological polar surface area (TPSA) is 41.6 Å². The summed E-state index contributed by atoms with van der Waals surface area (Å²) >= 11 is 0. The maximum atomic E-state index is 12.8. The molecule has 1 N–H and O–H groups in total. The molecule has 112 valence electrons. The van der Waals surface area contributed by atoms with Crippen molar-refractivity contribution in [3.63, 3.8) is 0 Å². The van der Waals surface area contributed by atoms with Crippen LogP contribution in [-0.4, -0.2) is 29.5 Å². The highest BCUT2D eigenvalue weighted by Gasteiger charge is 2.60. The zero-order chi connectivity index (χ0) is 14.6. The summed E-state index contributed by atoms with van der Waals surface area (Å²) in [5.41, 5.74) is 2.06. The van der Waals surface area contributed by atoms with E-state index >= 15 is 0 Å². The summed E-state index contributed by atoms with van der Waals surface area (Å²) in [6.07, 6.45) is 5.55. The van der Waals surface area contributed by atoms with Gasteiger partial charge in [-0.2, -0.15) is 0 Å². The van der Waals surface area contributed by atoms with Crippen LogP contribution in [0.25, 0.3) is 0 Å². The molecule has 1 unspecified atom stereocenters. The molecule has 1 aromatic rings. The van der Waals surface area contributed by atoms with Crippen molar-refractivity contribution >= 4 is 5.91 Å². The third-order valence-corrected chi connectivity index (χ3v) is 5.29. The smallest absolute Gasteiger partial charge is 0.244 e. The highest BCUT2D eigenvalue weighted by molar-refractivity contribution is 5.92. The molecule has 21 heavy (non-hydrogen) atoms. The summed E-state index contributed by atoms with van der Waals surface area (Å²) in [6.45, 7) is 2.06. The van der Waals surface area contributed by atoms with Gasteiger partial charge in [-0.25, -0.2) is 0 Å². The Balaban J connectivity index is 1.68. The fourth-order valence-electron chi connectivity index (χ4n) is 3.60. The van der Waals surface area contributed by atoms with Gasteiger partial charge in [0.1, 0.15) is 17.5 Å². The molecule has 0 radical (unpaired) electrons. The van der Waals surface area contributed by atoms with Crippen LogP contribution in [0.15, 0.2) is 18.2 Å². The number of hydrogen-bond acceptors (Lipinski definition) is 3. The third kappa shape index (κ3) is 1.89. The minimum Gasteiger partial charge on any atom is -0.496 e. The van der Waals surface area contributed by atoms with Crippen LogP contribution in [-0.2, 0) is 4.79 Å². The second-order valence-electron chi connectivity index (χ2n) is 6.66. The van der Waals surface area contributed by atoms with Crippen LogP contribution < -0.4 is 10.1 Å². The van der Waals surface area contributed by atoms with Crippen molar-refractivity contribution < 1.29 is 9.53 Å². The fourth-order valence-corrected chi connectivity index (χ4v) is 3.60. The Labute approximate surface area is 125 Å². The van der Waals surface area contributed by atoms with E-state index in [9.17, 15) is 4.79 Å². The van der Waals surface area contributed by atoms with Gasteiger partial charge in [0.25, 0.3) is 0 Å². The van der Waals surface area contributed by atoms with Gasteiger partial charge in [-0.05, 0) is 62.3 Å². The molecule has 1 saturated heterocycles. The zero-order valence-electron chi connectivity index (χ0n) is 12.7. The molecule has 1 aromatic carbocycles. The Kier molecular flexibility index (Phi) is 2.80. The van der Waals surface area contributed by atoms with Crippen molar-refractivity contribution in [1.82, 2.24) is 10.2 Å². The summed E-state index contributed by atoms with van der Waals surface area (Å²) in [5, 5.41) is 3.61. The molecule has 1 atom stereocenters. The Hall–Kier alpha value is -1.55. The SMILES string of the molecule is COc1ccc(C2NC3(CC3)C(=O)N2C2CCC2)cc1C. The number of nitrogens with zero attached hydrogens (tertiary/aromatic N) is 1. The molecule has 1 amide bonds. The number of aryl methyl sites for hydroxylation is 1. The number of amides is 1. The van der Waals surface area contributed by atoms with E-state index in [0.29, 0.717) is 11.9 Å². The lowest BCUT2D eigenvalue weighted by atomic mass is 9.90. The first kappa shape index (κ1) is 13.1. The maximum Gasteiger partial charge on any atom is 0.244 e. The monoisotopic (exact) mass is 286 g/mol. The number of rotatable bonds is 3. The number of carbonyl (C=O) groups is 1. The van der Waals surface area contributed by atoms with Gasteiger partial charge >= 0.3 is 0 Å². The first-order chi connectivity index (χ1) is 10.1. The van der Waals surface area contributed by atoms with Crippen LogP contribution in [0.1, 0.15) is 49.4 Å². The average Bonchev–Trinajstić information content (AvgIpc) is 3.15. The molecule has 2 saturated carbocycles. The molecule has 4 heteroatoms. The van der Waals surface area contributed by atoms with Crippen molar-refractivity contribution in [2.45, 2.75) is 56.8 Å². The molecule has 2 aliphatic carbocycles. The fraction of sp³-hybridized carbons (Fsp3) is 0.588. The molecule has 4 nitrogen and oxygen atoms in total. The Bertz CT molecular complexity index is 590. The molecule has 1 aliphatic heterocycles. The van der Waals surface area contributed by atoms with Crippen LogP contribution in [0.5, 0.6) is 5.75 Å². The maximum absolute atomic E-state index is 12.8. The van der Waals surface area contributed by atoms with E-state index in [2.05, 4.69) is 29.3 Å². The van der Waals surface area contributed by atoms with Gasteiger partial charge in [0.05, 0.1) is 7.11 Å². The molecule has 4 rings (SSSR count). The number of benzene rings is 1. The van der Waals surface area contributed by atoms with Gasteiger partial charge in [0.15, 0.2) is 0 Å². The highest BCUT2D eigenvalue weighted by Crippen LogP contribution is 2.48. The van der Waals surface area contributed by atoms with E-state index in [1.807, 2.05) is 6.07 Å². The Morgan fingerprint density at radius 3 is 2.62 bits per heavy atom. The first-order valence-electron chi connectivity index (χ1n) is 7.90. The van der Waals surface area contributed by atoms with Crippen molar-refractivity contribution in [2.24, 2.45) is 0 Å². The lowest BCUT2D eigenvalue weighted by Gasteiger charge is -2.38. The van der Waals surface area contributed by atoms with Gasteiger partial charge in [0, 0.05) is 6.04 Å². The minimum absolute atomic E-state index is 0.0370. The predicted molar refractivity (Wildman–Crippen MR) is 80.1 cm³/mol. The van der Waals surface area contributed by atoms with Crippen LogP contribution in [0.4, 0.5) is 0 Å². The second kappa shape index (κ2) is 4.47. The largest absolute Gasteiger partial charge is 0.496 e. The molecule has 3 aliphatic rings. The zero-order valence-corrected chi connectivity index (χ0v) is 12.7. The molecule has 0 aromatic heterocycles. The van der Waals surface area contributed by atoms with Crippen LogP contribution in [0.3, 0.4) is 0 Å². The lowest BCUT2D eigenvalue weighted by Crippen LogP contribution is -2.44. The number of methoxy groups -OCH3 is 1. The lowest BCUT2D eigenvalue weighted by molar-refractivity contribution is -0.134. The predicted octanol–water partition coefficient (Wildman–Crippen LogP) is 2.52. The Morgan fingerprint density at radius 1 is 1.33 bits per heavy atom. The van der Waals surface area contributed by atoms with Gasteiger partial charge in [-0.1, -0.05) is 6.07 Å². The summed E-state index contributed by atoms with van der Waals surface area (Å²) in [5.74, 6) is 1.23. The van der Waals surface area contributed by atoms with E-state index in [1.54, 1.807) is 7.11 Å². The third-order valence-electron chi connectivity index (χ3n) is 5.29. The number of hydrogen-bond donors (Lipinski definition) is 1. The summed E-state index contributed by atoms with van der Waals surface area (Å²) in [6, 6.07) is 6.67. The van der Waals surface area contributed by atoms with Crippen LogP contribution in [0, 0.1) is 6.92 Å². The highest BCUT2D eigenvalue weighted by atomic mass is 16.5. The molecule has 1 spiro atoms. The molecular formula is C17H22N2O2. The van der Waals surface area contributed by atoms with Crippen molar-refractivity contribution in [3.8, 4) is 5.75 Å². The summed E-state index contributed by atoms with van der Waals surface area (Å²) in [7, 11) is 1.69.